The molecule has 106 valence electrons. The summed E-state index contributed by atoms with van der Waals surface area (Å²) >= 11 is 0. The number of carbonyl (C=O) groups excluding carboxylic acids is 1. The van der Waals surface area contributed by atoms with Gasteiger partial charge in [-0.15, -0.1) is 0 Å². The smallest absolute Gasteiger partial charge is 0.354 e. The second kappa shape index (κ2) is 7.38. The number of ether oxygens (including phenoxy) is 2. The van der Waals surface area contributed by atoms with E-state index in [4.69, 9.17) is 9.47 Å². The van der Waals surface area contributed by atoms with Crippen molar-refractivity contribution >= 4 is 5.97 Å². The van der Waals surface area contributed by atoms with E-state index in [0.717, 1.165) is 18.7 Å². The molecule has 1 heterocycles. The molecule has 0 saturated heterocycles. The summed E-state index contributed by atoms with van der Waals surface area (Å²) in [5.74, 6) is 0.590. The fourth-order valence-electron chi connectivity index (χ4n) is 1.94. The highest BCUT2D eigenvalue weighted by Crippen LogP contribution is 2.10. The van der Waals surface area contributed by atoms with E-state index in [1.54, 1.807) is 13.0 Å². The van der Waals surface area contributed by atoms with Gasteiger partial charge in [0.1, 0.15) is 11.4 Å². The van der Waals surface area contributed by atoms with E-state index >= 15 is 0 Å². The van der Waals surface area contributed by atoms with E-state index in [0.29, 0.717) is 18.9 Å². The third-order valence-corrected chi connectivity index (χ3v) is 2.87. The van der Waals surface area contributed by atoms with Crippen molar-refractivity contribution in [1.82, 2.24) is 4.57 Å². The Bertz CT molecular complexity index is 534. The number of nitrogens with zero attached hydrogens (tertiary/aromatic N) is 1. The SMILES string of the molecule is CCOC(=O)c1cccn1CCCOc1ccccc1. The summed E-state index contributed by atoms with van der Waals surface area (Å²) < 4.78 is 12.5. The number of hydrogen-bond donors (Lipinski definition) is 0. The normalized spacial score (nSPS) is 10.2. The van der Waals surface area contributed by atoms with Crippen molar-refractivity contribution in [1.29, 1.82) is 0 Å². The molecule has 1 aromatic heterocycles. The van der Waals surface area contributed by atoms with Gasteiger partial charge in [0.15, 0.2) is 0 Å². The maximum atomic E-state index is 11.7. The van der Waals surface area contributed by atoms with Crippen molar-refractivity contribution in [3.05, 3.63) is 54.4 Å². The van der Waals surface area contributed by atoms with Gasteiger partial charge in [-0.25, -0.2) is 4.79 Å². The molecule has 0 aliphatic rings. The van der Waals surface area contributed by atoms with Crippen LogP contribution in [0.5, 0.6) is 5.75 Å². The van der Waals surface area contributed by atoms with Crippen LogP contribution in [0, 0.1) is 0 Å². The molecule has 0 radical (unpaired) electrons. The quantitative estimate of drug-likeness (QED) is 0.575. The molecule has 0 aliphatic heterocycles. The van der Waals surface area contributed by atoms with Crippen molar-refractivity contribution < 1.29 is 14.3 Å². The molecule has 0 unspecified atom stereocenters. The summed E-state index contributed by atoms with van der Waals surface area (Å²) in [5, 5.41) is 0. The van der Waals surface area contributed by atoms with Gasteiger partial charge in [0.2, 0.25) is 0 Å². The number of para-hydroxylation sites is 1. The largest absolute Gasteiger partial charge is 0.494 e. The first-order valence-corrected chi connectivity index (χ1v) is 6.81. The minimum atomic E-state index is -0.276. The van der Waals surface area contributed by atoms with Crippen LogP contribution in [0.15, 0.2) is 48.7 Å². The van der Waals surface area contributed by atoms with E-state index in [1.165, 1.54) is 0 Å². The number of esters is 1. The molecule has 20 heavy (non-hydrogen) atoms. The average molecular weight is 273 g/mol. The molecule has 1 aromatic carbocycles. The first kappa shape index (κ1) is 14.2. The van der Waals surface area contributed by atoms with Crippen LogP contribution in [0.25, 0.3) is 0 Å². The van der Waals surface area contributed by atoms with Gasteiger partial charge in [-0.2, -0.15) is 0 Å². The van der Waals surface area contributed by atoms with Crippen molar-refractivity contribution in [2.75, 3.05) is 13.2 Å². The minimum absolute atomic E-state index is 0.276. The Morgan fingerprint density at radius 2 is 1.95 bits per heavy atom. The Morgan fingerprint density at radius 1 is 1.15 bits per heavy atom. The standard InChI is InChI=1S/C16H19NO3/c1-2-19-16(18)15-10-6-11-17(15)12-7-13-20-14-8-4-3-5-9-14/h3-6,8-11H,2,7,12-13H2,1H3. The van der Waals surface area contributed by atoms with Crippen LogP contribution >= 0.6 is 0 Å². The van der Waals surface area contributed by atoms with Gasteiger partial charge in [0, 0.05) is 12.7 Å². The number of aryl methyl sites for hydroxylation is 1. The lowest BCUT2D eigenvalue weighted by Gasteiger charge is -2.09. The van der Waals surface area contributed by atoms with E-state index in [1.807, 2.05) is 47.2 Å². The van der Waals surface area contributed by atoms with Gasteiger partial charge in [-0.05, 0) is 37.6 Å². The number of benzene rings is 1. The molecule has 0 bridgehead atoms. The molecule has 0 amide bonds. The molecule has 0 fully saturated rings. The number of hydrogen-bond acceptors (Lipinski definition) is 3. The number of carbonyl (C=O) groups is 1. The van der Waals surface area contributed by atoms with Gasteiger partial charge in [0.25, 0.3) is 0 Å². The fraction of sp³-hybridized carbons (Fsp3) is 0.312. The highest BCUT2D eigenvalue weighted by atomic mass is 16.5. The lowest BCUT2D eigenvalue weighted by molar-refractivity contribution is 0.0513. The molecule has 0 spiro atoms. The van der Waals surface area contributed by atoms with Gasteiger partial charge < -0.3 is 14.0 Å². The summed E-state index contributed by atoms with van der Waals surface area (Å²) in [6, 6.07) is 13.3. The third-order valence-electron chi connectivity index (χ3n) is 2.87. The summed E-state index contributed by atoms with van der Waals surface area (Å²) in [4.78, 5) is 11.7. The Labute approximate surface area is 118 Å². The summed E-state index contributed by atoms with van der Waals surface area (Å²) in [6.07, 6.45) is 2.71. The van der Waals surface area contributed by atoms with Gasteiger partial charge in [-0.1, -0.05) is 18.2 Å². The van der Waals surface area contributed by atoms with Crippen molar-refractivity contribution in [2.24, 2.45) is 0 Å². The maximum absolute atomic E-state index is 11.7. The second-order valence-electron chi connectivity index (χ2n) is 4.32. The van der Waals surface area contributed by atoms with Crippen molar-refractivity contribution in [3.63, 3.8) is 0 Å². The van der Waals surface area contributed by atoms with Crippen LogP contribution in [0.2, 0.25) is 0 Å². The zero-order valence-electron chi connectivity index (χ0n) is 11.6. The molecule has 2 rings (SSSR count). The number of aromatic nitrogens is 1. The number of rotatable bonds is 7. The van der Waals surface area contributed by atoms with Gasteiger partial charge in [-0.3, -0.25) is 0 Å². The molecule has 0 N–H and O–H groups in total. The molecule has 0 saturated carbocycles. The van der Waals surface area contributed by atoms with Gasteiger partial charge >= 0.3 is 5.97 Å². The molecular formula is C16H19NO3. The Morgan fingerprint density at radius 3 is 2.70 bits per heavy atom. The summed E-state index contributed by atoms with van der Waals surface area (Å²) in [5.41, 5.74) is 0.589. The fourth-order valence-corrected chi connectivity index (χ4v) is 1.94. The van der Waals surface area contributed by atoms with Crippen molar-refractivity contribution in [2.45, 2.75) is 19.9 Å². The lowest BCUT2D eigenvalue weighted by atomic mass is 10.3. The molecule has 0 atom stereocenters. The van der Waals surface area contributed by atoms with E-state index in [9.17, 15) is 4.79 Å². The molecule has 2 aromatic rings. The maximum Gasteiger partial charge on any atom is 0.354 e. The second-order valence-corrected chi connectivity index (χ2v) is 4.32. The van der Waals surface area contributed by atoms with E-state index in [2.05, 4.69) is 0 Å². The monoisotopic (exact) mass is 273 g/mol. The Hall–Kier alpha value is -2.23. The third kappa shape index (κ3) is 3.88. The van der Waals surface area contributed by atoms with Crippen LogP contribution in [-0.2, 0) is 11.3 Å². The van der Waals surface area contributed by atoms with Crippen LogP contribution in [0.1, 0.15) is 23.8 Å². The Kier molecular flexibility index (Phi) is 5.24. The molecule has 4 heteroatoms. The first-order valence-electron chi connectivity index (χ1n) is 6.81. The van der Waals surface area contributed by atoms with Crippen LogP contribution in [0.4, 0.5) is 0 Å². The predicted molar refractivity (Wildman–Crippen MR) is 76.9 cm³/mol. The van der Waals surface area contributed by atoms with Crippen LogP contribution in [-0.4, -0.2) is 23.8 Å². The topological polar surface area (TPSA) is 40.5 Å². The molecule has 0 aliphatic carbocycles. The summed E-state index contributed by atoms with van der Waals surface area (Å²) in [6.45, 7) is 3.54. The predicted octanol–water partition coefficient (Wildman–Crippen LogP) is 3.13. The lowest BCUT2D eigenvalue weighted by Crippen LogP contribution is -2.13. The highest BCUT2D eigenvalue weighted by molar-refractivity contribution is 5.87. The van der Waals surface area contributed by atoms with Crippen LogP contribution < -0.4 is 4.74 Å². The average Bonchev–Trinajstić information content (AvgIpc) is 2.93. The van der Waals surface area contributed by atoms with Crippen LogP contribution in [0.3, 0.4) is 0 Å². The first-order chi connectivity index (χ1) is 9.81. The summed E-state index contributed by atoms with van der Waals surface area (Å²) in [7, 11) is 0. The minimum Gasteiger partial charge on any atom is -0.494 e. The van der Waals surface area contributed by atoms with E-state index in [-0.39, 0.29) is 5.97 Å². The molecular weight excluding hydrogens is 254 g/mol. The van der Waals surface area contributed by atoms with Gasteiger partial charge in [0.05, 0.1) is 13.2 Å². The Balaban J connectivity index is 1.80. The van der Waals surface area contributed by atoms with Crippen molar-refractivity contribution in [3.8, 4) is 5.75 Å². The molecule has 4 nitrogen and oxygen atoms in total. The zero-order valence-corrected chi connectivity index (χ0v) is 11.6. The van der Waals surface area contributed by atoms with E-state index < -0.39 is 0 Å². The highest BCUT2D eigenvalue weighted by Gasteiger charge is 2.10. The zero-order chi connectivity index (χ0) is 14.2.